The molecule has 2 heterocycles. The number of nitrogens with zero attached hydrogens (tertiary/aromatic N) is 3. The van der Waals surface area contributed by atoms with Crippen molar-refractivity contribution in [3.63, 3.8) is 0 Å². The zero-order valence-corrected chi connectivity index (χ0v) is 20.6. The normalized spacial score (nSPS) is 18.5. The van der Waals surface area contributed by atoms with Crippen molar-refractivity contribution in [3.05, 3.63) is 47.9 Å². The predicted octanol–water partition coefficient (Wildman–Crippen LogP) is 6.11. The van der Waals surface area contributed by atoms with Crippen LogP contribution in [0.15, 0.2) is 36.5 Å². The molecule has 194 valence electrons. The number of fused-ring (bicyclic) bond motifs is 1. The van der Waals surface area contributed by atoms with Crippen LogP contribution in [0.3, 0.4) is 0 Å². The third-order valence-corrected chi connectivity index (χ3v) is 6.75. The summed E-state index contributed by atoms with van der Waals surface area (Å²) < 4.78 is 52.0. The summed E-state index contributed by atoms with van der Waals surface area (Å²) >= 11 is 0. The van der Waals surface area contributed by atoms with E-state index in [9.17, 15) is 18.0 Å². The molecular weight excluding hydrogens is 473 g/mol. The van der Waals surface area contributed by atoms with Crippen molar-refractivity contribution in [2.24, 2.45) is 11.8 Å². The van der Waals surface area contributed by atoms with Crippen LogP contribution in [-0.4, -0.2) is 41.0 Å². The molecule has 0 bridgehead atoms. The van der Waals surface area contributed by atoms with Crippen molar-refractivity contribution < 1.29 is 27.4 Å². The van der Waals surface area contributed by atoms with Crippen LogP contribution in [0.2, 0.25) is 0 Å². The van der Waals surface area contributed by atoms with Crippen molar-refractivity contribution in [2.75, 3.05) is 25.6 Å². The average Bonchev–Trinajstić information content (AvgIpc) is 3.26. The summed E-state index contributed by atoms with van der Waals surface area (Å²) in [4.78, 5) is 16.3. The highest BCUT2D eigenvalue weighted by atomic mass is 19.4. The van der Waals surface area contributed by atoms with E-state index in [4.69, 9.17) is 14.6 Å². The Kier molecular flexibility index (Phi) is 7.82. The number of anilines is 1. The molecule has 1 saturated carbocycles. The van der Waals surface area contributed by atoms with Gasteiger partial charge < -0.3 is 14.8 Å². The van der Waals surface area contributed by atoms with Gasteiger partial charge in [-0.3, -0.25) is 9.48 Å². The summed E-state index contributed by atoms with van der Waals surface area (Å²) in [5.74, 6) is 0.996. The van der Waals surface area contributed by atoms with Gasteiger partial charge in [0.25, 0.3) is 5.91 Å². The van der Waals surface area contributed by atoms with Crippen molar-refractivity contribution in [1.29, 1.82) is 0 Å². The number of pyridine rings is 1. The van der Waals surface area contributed by atoms with Crippen LogP contribution in [0, 0.1) is 11.8 Å². The van der Waals surface area contributed by atoms with Crippen molar-refractivity contribution in [2.45, 2.75) is 51.7 Å². The topological polar surface area (TPSA) is 78.3 Å². The van der Waals surface area contributed by atoms with Gasteiger partial charge >= 0.3 is 6.18 Å². The number of hydrogen-bond donors (Lipinski definition) is 1. The van der Waals surface area contributed by atoms with Gasteiger partial charge in [0.2, 0.25) is 0 Å². The highest BCUT2D eigenvalue weighted by molar-refractivity contribution is 6.05. The van der Waals surface area contributed by atoms with E-state index in [-0.39, 0.29) is 12.3 Å². The maximum Gasteiger partial charge on any atom is 0.433 e. The minimum Gasteiger partial charge on any atom is -0.489 e. The standard InChI is InChI=1S/C26H31F3N4O3/c1-16(2)17-7-9-19(10-8-17)33-15-18-13-22(23(14-21(18)32-33)36-12-11-35-3)31-25(34)20-5-4-6-24(30-20)26(27,28)29/h4-6,13-17,19H,7-12H2,1-3H3,(H,31,34). The van der Waals surface area contributed by atoms with E-state index in [1.807, 2.05) is 10.9 Å². The lowest BCUT2D eigenvalue weighted by Crippen LogP contribution is -2.21. The van der Waals surface area contributed by atoms with Gasteiger partial charge in [-0.2, -0.15) is 18.3 Å². The van der Waals surface area contributed by atoms with E-state index in [1.165, 1.54) is 6.07 Å². The largest absolute Gasteiger partial charge is 0.489 e. The SMILES string of the molecule is COCCOc1cc2nn(C3CCC(C(C)C)CC3)cc2cc1NC(=O)c1cccc(C(F)(F)F)n1. The first-order valence-corrected chi connectivity index (χ1v) is 12.2. The Morgan fingerprint density at radius 3 is 2.58 bits per heavy atom. The number of carbonyl (C=O) groups excluding carboxylic acids is 1. The van der Waals surface area contributed by atoms with Gasteiger partial charge in [0.1, 0.15) is 23.7 Å². The number of benzene rings is 1. The van der Waals surface area contributed by atoms with Gasteiger partial charge in [0.15, 0.2) is 0 Å². The van der Waals surface area contributed by atoms with Crippen LogP contribution < -0.4 is 10.1 Å². The molecule has 0 atom stereocenters. The number of nitrogens with one attached hydrogen (secondary N) is 1. The molecule has 2 aromatic heterocycles. The lowest BCUT2D eigenvalue weighted by molar-refractivity contribution is -0.141. The number of amides is 1. The number of rotatable bonds is 8. The van der Waals surface area contributed by atoms with Crippen LogP contribution in [0.5, 0.6) is 5.75 Å². The van der Waals surface area contributed by atoms with Crippen LogP contribution in [-0.2, 0) is 10.9 Å². The van der Waals surface area contributed by atoms with Gasteiger partial charge in [0, 0.05) is 24.8 Å². The third-order valence-electron chi connectivity index (χ3n) is 6.75. The fourth-order valence-electron chi connectivity index (χ4n) is 4.65. The lowest BCUT2D eigenvalue weighted by Gasteiger charge is -2.30. The van der Waals surface area contributed by atoms with Crippen molar-refractivity contribution in [1.82, 2.24) is 14.8 Å². The number of halogens is 3. The number of aromatic nitrogens is 3. The zero-order chi connectivity index (χ0) is 25.9. The van der Waals surface area contributed by atoms with E-state index in [0.29, 0.717) is 35.5 Å². The number of ether oxygens (including phenoxy) is 2. The molecule has 4 rings (SSSR count). The van der Waals surface area contributed by atoms with Gasteiger partial charge in [-0.15, -0.1) is 0 Å². The Labute approximate surface area is 208 Å². The third kappa shape index (κ3) is 5.98. The van der Waals surface area contributed by atoms with Gasteiger partial charge in [-0.1, -0.05) is 19.9 Å². The maximum atomic E-state index is 13.1. The van der Waals surface area contributed by atoms with Crippen LogP contribution >= 0.6 is 0 Å². The van der Waals surface area contributed by atoms with Crippen LogP contribution in [0.1, 0.15) is 61.8 Å². The predicted molar refractivity (Wildman–Crippen MR) is 130 cm³/mol. The van der Waals surface area contributed by atoms with E-state index >= 15 is 0 Å². The summed E-state index contributed by atoms with van der Waals surface area (Å²) in [5, 5.41) is 8.23. The molecule has 0 spiro atoms. The number of hydrogen-bond acceptors (Lipinski definition) is 5. The van der Waals surface area contributed by atoms with Gasteiger partial charge in [-0.05, 0) is 55.7 Å². The number of methoxy groups -OCH3 is 1. The summed E-state index contributed by atoms with van der Waals surface area (Å²) in [7, 11) is 1.55. The molecule has 0 radical (unpaired) electrons. The second kappa shape index (κ2) is 10.9. The smallest absolute Gasteiger partial charge is 0.433 e. The summed E-state index contributed by atoms with van der Waals surface area (Å²) in [6.45, 7) is 5.09. The molecule has 1 aromatic carbocycles. The highest BCUT2D eigenvalue weighted by Crippen LogP contribution is 2.37. The summed E-state index contributed by atoms with van der Waals surface area (Å²) in [5.41, 5.74) is -0.435. The fraction of sp³-hybridized carbons (Fsp3) is 0.500. The Morgan fingerprint density at radius 2 is 1.92 bits per heavy atom. The molecule has 36 heavy (non-hydrogen) atoms. The number of alkyl halides is 3. The molecule has 10 heteroatoms. The second-order valence-corrected chi connectivity index (χ2v) is 9.53. The van der Waals surface area contributed by atoms with Gasteiger partial charge in [0.05, 0.1) is 23.9 Å². The molecule has 0 saturated heterocycles. The Hall–Kier alpha value is -3.14. The van der Waals surface area contributed by atoms with Crippen molar-refractivity contribution >= 4 is 22.5 Å². The minimum atomic E-state index is -4.65. The van der Waals surface area contributed by atoms with Crippen LogP contribution in [0.25, 0.3) is 10.9 Å². The Morgan fingerprint density at radius 1 is 1.17 bits per heavy atom. The minimum absolute atomic E-state index is 0.229. The molecule has 0 unspecified atom stereocenters. The quantitative estimate of drug-likeness (QED) is 0.374. The fourth-order valence-corrected chi connectivity index (χ4v) is 4.65. The van der Waals surface area contributed by atoms with E-state index < -0.39 is 17.8 Å². The molecule has 7 nitrogen and oxygen atoms in total. The first-order chi connectivity index (χ1) is 17.2. The molecule has 0 aliphatic heterocycles. The summed E-state index contributed by atoms with van der Waals surface area (Å²) in [6.07, 6.45) is 1.74. The summed E-state index contributed by atoms with van der Waals surface area (Å²) in [6, 6.07) is 6.98. The Bertz CT molecular complexity index is 1200. The molecule has 1 aliphatic rings. The first kappa shape index (κ1) is 25.9. The monoisotopic (exact) mass is 504 g/mol. The number of carbonyl (C=O) groups is 1. The highest BCUT2D eigenvalue weighted by Gasteiger charge is 2.33. The van der Waals surface area contributed by atoms with Crippen molar-refractivity contribution in [3.8, 4) is 5.75 Å². The van der Waals surface area contributed by atoms with E-state index in [1.54, 1.807) is 19.2 Å². The first-order valence-electron chi connectivity index (χ1n) is 12.2. The molecule has 1 amide bonds. The molecular formula is C26H31F3N4O3. The molecule has 3 aromatic rings. The second-order valence-electron chi connectivity index (χ2n) is 9.53. The van der Waals surface area contributed by atoms with Crippen LogP contribution in [0.4, 0.5) is 18.9 Å². The average molecular weight is 505 g/mol. The molecule has 1 N–H and O–H groups in total. The Balaban J connectivity index is 1.60. The van der Waals surface area contributed by atoms with E-state index in [2.05, 4.69) is 24.1 Å². The molecule has 1 aliphatic carbocycles. The molecule has 1 fully saturated rings. The maximum absolute atomic E-state index is 13.1. The van der Waals surface area contributed by atoms with Gasteiger partial charge in [-0.25, -0.2) is 4.98 Å². The lowest BCUT2D eigenvalue weighted by atomic mass is 9.80. The van der Waals surface area contributed by atoms with E-state index in [0.717, 1.165) is 49.1 Å². The zero-order valence-electron chi connectivity index (χ0n) is 20.6.